The molecule has 3 nitrogen and oxygen atoms in total. The summed E-state index contributed by atoms with van der Waals surface area (Å²) >= 11 is 0. The molecule has 3 aromatic carbocycles. The van der Waals surface area contributed by atoms with E-state index in [1.54, 1.807) is 23.1 Å². The molecule has 0 saturated carbocycles. The molecule has 1 amide bonds. The summed E-state index contributed by atoms with van der Waals surface area (Å²) in [6.45, 7) is 1.90. The zero-order valence-electron chi connectivity index (χ0n) is 15.0. The first-order valence-electron chi connectivity index (χ1n) is 8.78. The molecule has 0 bridgehead atoms. The average Bonchev–Trinajstić information content (AvgIpc) is 2.94. The van der Waals surface area contributed by atoms with Gasteiger partial charge in [-0.1, -0.05) is 42.5 Å². The van der Waals surface area contributed by atoms with Crippen molar-refractivity contribution in [3.63, 3.8) is 0 Å². The van der Waals surface area contributed by atoms with Crippen LogP contribution in [0.15, 0.2) is 72.8 Å². The van der Waals surface area contributed by atoms with E-state index >= 15 is 0 Å². The second-order valence-corrected chi connectivity index (χ2v) is 6.67. The summed E-state index contributed by atoms with van der Waals surface area (Å²) in [6, 6.07) is 19.6. The van der Waals surface area contributed by atoms with E-state index in [1.807, 2.05) is 43.3 Å². The summed E-state index contributed by atoms with van der Waals surface area (Å²) in [4.78, 5) is 14.7. The van der Waals surface area contributed by atoms with Crippen molar-refractivity contribution in [2.45, 2.75) is 19.3 Å². The zero-order valence-corrected chi connectivity index (χ0v) is 15.0. The van der Waals surface area contributed by atoms with Gasteiger partial charge in [-0.3, -0.25) is 9.69 Å². The zero-order chi connectivity index (χ0) is 19.9. The highest BCUT2D eigenvalue weighted by Gasteiger charge is 2.38. The Labute approximate surface area is 160 Å². The Morgan fingerprint density at radius 2 is 1.64 bits per heavy atom. The van der Waals surface area contributed by atoms with E-state index in [9.17, 15) is 18.0 Å². The average molecular weight is 382 g/mol. The number of hydrogen-bond acceptors (Lipinski definition) is 2. The molecule has 1 N–H and O–H groups in total. The number of halogens is 3. The monoisotopic (exact) mass is 382 g/mol. The van der Waals surface area contributed by atoms with Crippen LogP contribution in [0.4, 0.5) is 24.5 Å². The van der Waals surface area contributed by atoms with Crippen molar-refractivity contribution in [1.29, 1.82) is 0 Å². The minimum Gasteiger partial charge on any atom is -0.361 e. The molecular weight excluding hydrogens is 365 g/mol. The van der Waals surface area contributed by atoms with E-state index < -0.39 is 17.9 Å². The Morgan fingerprint density at radius 1 is 0.929 bits per heavy atom. The highest BCUT2D eigenvalue weighted by molar-refractivity contribution is 6.11. The molecule has 28 heavy (non-hydrogen) atoms. The molecule has 0 radical (unpaired) electrons. The van der Waals surface area contributed by atoms with Gasteiger partial charge in [0.1, 0.15) is 6.17 Å². The number of benzene rings is 3. The third-order valence-corrected chi connectivity index (χ3v) is 4.83. The third kappa shape index (κ3) is 3.11. The number of carbonyl (C=O) groups excluding carboxylic acids is 1. The van der Waals surface area contributed by atoms with Gasteiger partial charge >= 0.3 is 6.18 Å². The third-order valence-electron chi connectivity index (χ3n) is 4.83. The lowest BCUT2D eigenvalue weighted by Gasteiger charge is -2.28. The lowest BCUT2D eigenvalue weighted by molar-refractivity contribution is -0.137. The van der Waals surface area contributed by atoms with Crippen LogP contribution in [0.1, 0.15) is 33.2 Å². The first-order chi connectivity index (χ1) is 13.4. The number of anilines is 2. The Balaban J connectivity index is 1.78. The van der Waals surface area contributed by atoms with Crippen LogP contribution in [0.5, 0.6) is 0 Å². The number of nitrogens with zero attached hydrogens (tertiary/aromatic N) is 1. The maximum Gasteiger partial charge on any atom is 0.416 e. The van der Waals surface area contributed by atoms with Gasteiger partial charge in [0.25, 0.3) is 5.91 Å². The van der Waals surface area contributed by atoms with Gasteiger partial charge in [0.05, 0.1) is 5.56 Å². The Morgan fingerprint density at radius 3 is 2.39 bits per heavy atom. The molecule has 1 heterocycles. The summed E-state index contributed by atoms with van der Waals surface area (Å²) in [5.41, 5.74) is 2.44. The molecular formula is C22H17F3N2O. The second kappa shape index (κ2) is 6.71. The van der Waals surface area contributed by atoms with Crippen molar-refractivity contribution in [3.05, 3.63) is 95.1 Å². The number of fused-ring (bicyclic) bond motifs is 1. The summed E-state index contributed by atoms with van der Waals surface area (Å²) < 4.78 is 39.3. The van der Waals surface area contributed by atoms with Gasteiger partial charge < -0.3 is 5.32 Å². The first kappa shape index (κ1) is 18.1. The fourth-order valence-electron chi connectivity index (χ4n) is 3.48. The molecule has 0 aliphatic carbocycles. The molecule has 1 aliphatic heterocycles. The Bertz CT molecular complexity index is 1050. The highest BCUT2D eigenvalue weighted by atomic mass is 19.4. The number of hydrogen-bond donors (Lipinski definition) is 1. The molecule has 0 spiro atoms. The predicted molar refractivity (Wildman–Crippen MR) is 102 cm³/mol. The maximum absolute atomic E-state index is 13.1. The fourth-order valence-corrected chi connectivity index (χ4v) is 3.48. The van der Waals surface area contributed by atoms with E-state index in [2.05, 4.69) is 5.32 Å². The Kier molecular flexibility index (Phi) is 4.34. The number of alkyl halides is 3. The molecule has 1 aliphatic rings. The van der Waals surface area contributed by atoms with E-state index in [0.717, 1.165) is 23.3 Å². The lowest BCUT2D eigenvalue weighted by Crippen LogP contribution is -2.32. The first-order valence-corrected chi connectivity index (χ1v) is 8.78. The van der Waals surface area contributed by atoms with Crippen LogP contribution in [0.2, 0.25) is 0 Å². The van der Waals surface area contributed by atoms with Gasteiger partial charge in [-0.2, -0.15) is 13.2 Å². The van der Waals surface area contributed by atoms with Crippen LogP contribution < -0.4 is 10.2 Å². The standard InChI is InChI=1S/C22H17F3N2O/c1-14-7-2-5-12-19(14)27-20(17-10-3-4-11-18(17)21(27)28)26-16-9-6-8-15(13-16)22(23,24)25/h2-13,20,26H,1H3/t20-/m1/s1. The minimum absolute atomic E-state index is 0.186. The SMILES string of the molecule is Cc1ccccc1N1C(=O)c2ccccc2[C@@H]1Nc1cccc(C(F)(F)F)c1. The molecule has 0 fully saturated rings. The topological polar surface area (TPSA) is 32.3 Å². The van der Waals surface area contributed by atoms with Crippen LogP contribution in [0, 0.1) is 6.92 Å². The van der Waals surface area contributed by atoms with Crippen molar-refractivity contribution in [1.82, 2.24) is 0 Å². The van der Waals surface area contributed by atoms with Crippen molar-refractivity contribution in [3.8, 4) is 0 Å². The molecule has 0 aromatic heterocycles. The summed E-state index contributed by atoms with van der Waals surface area (Å²) in [5.74, 6) is -0.186. The molecule has 1 atom stereocenters. The molecule has 3 aromatic rings. The van der Waals surface area contributed by atoms with Gasteiger partial charge in [-0.25, -0.2) is 0 Å². The highest BCUT2D eigenvalue weighted by Crippen LogP contribution is 2.40. The smallest absolute Gasteiger partial charge is 0.361 e. The summed E-state index contributed by atoms with van der Waals surface area (Å²) in [5, 5.41) is 3.12. The van der Waals surface area contributed by atoms with Crippen LogP contribution in [0.25, 0.3) is 0 Å². The van der Waals surface area contributed by atoms with Crippen LogP contribution in [-0.2, 0) is 6.18 Å². The minimum atomic E-state index is -4.43. The van der Waals surface area contributed by atoms with Crippen molar-refractivity contribution < 1.29 is 18.0 Å². The van der Waals surface area contributed by atoms with Crippen molar-refractivity contribution >= 4 is 17.3 Å². The van der Waals surface area contributed by atoms with E-state index in [4.69, 9.17) is 0 Å². The van der Waals surface area contributed by atoms with Gasteiger partial charge in [0.15, 0.2) is 0 Å². The largest absolute Gasteiger partial charge is 0.416 e. The number of nitrogens with one attached hydrogen (secondary N) is 1. The van der Waals surface area contributed by atoms with Gasteiger partial charge in [-0.15, -0.1) is 0 Å². The van der Waals surface area contributed by atoms with Gasteiger partial charge in [0.2, 0.25) is 0 Å². The van der Waals surface area contributed by atoms with Crippen LogP contribution in [-0.4, -0.2) is 5.91 Å². The summed E-state index contributed by atoms with van der Waals surface area (Å²) in [6.07, 6.45) is -5.04. The summed E-state index contributed by atoms with van der Waals surface area (Å²) in [7, 11) is 0. The molecule has 142 valence electrons. The molecule has 4 rings (SSSR count). The molecule has 0 saturated heterocycles. The Hall–Kier alpha value is -3.28. The second-order valence-electron chi connectivity index (χ2n) is 6.67. The van der Waals surface area contributed by atoms with E-state index in [1.165, 1.54) is 6.07 Å². The lowest BCUT2D eigenvalue weighted by atomic mass is 10.1. The normalized spacial score (nSPS) is 16.2. The number of amides is 1. The van der Waals surface area contributed by atoms with E-state index in [-0.39, 0.29) is 5.91 Å². The van der Waals surface area contributed by atoms with Crippen molar-refractivity contribution in [2.75, 3.05) is 10.2 Å². The quantitative estimate of drug-likeness (QED) is 0.622. The maximum atomic E-state index is 13.1. The van der Waals surface area contributed by atoms with Crippen LogP contribution in [0.3, 0.4) is 0 Å². The van der Waals surface area contributed by atoms with Gasteiger partial charge in [-0.05, 0) is 42.8 Å². The van der Waals surface area contributed by atoms with E-state index in [0.29, 0.717) is 16.9 Å². The number of rotatable bonds is 3. The fraction of sp³-hybridized carbons (Fsp3) is 0.136. The van der Waals surface area contributed by atoms with Crippen LogP contribution >= 0.6 is 0 Å². The van der Waals surface area contributed by atoms with Crippen molar-refractivity contribution in [2.24, 2.45) is 0 Å². The number of carbonyl (C=O) groups is 1. The van der Waals surface area contributed by atoms with Gasteiger partial charge in [0, 0.05) is 22.5 Å². The molecule has 6 heteroatoms. The molecule has 0 unspecified atom stereocenters. The number of para-hydroxylation sites is 1. The number of aryl methyl sites for hydroxylation is 1. The predicted octanol–water partition coefficient (Wildman–Crippen LogP) is 5.78.